The zero-order chi connectivity index (χ0) is 14.7. The lowest BCUT2D eigenvalue weighted by atomic mass is 10.0. The number of thiophene rings is 1. The quantitative estimate of drug-likeness (QED) is 0.856. The molecule has 2 aliphatic rings. The molecule has 2 aliphatic heterocycles. The van der Waals surface area contributed by atoms with Gasteiger partial charge in [0.1, 0.15) is 0 Å². The molecule has 0 radical (unpaired) electrons. The third-order valence-electron chi connectivity index (χ3n) is 4.53. The molecule has 3 rings (SSSR count). The highest BCUT2D eigenvalue weighted by Crippen LogP contribution is 2.22. The van der Waals surface area contributed by atoms with E-state index in [1.165, 1.54) is 4.88 Å². The van der Waals surface area contributed by atoms with Crippen LogP contribution in [0, 0.1) is 0 Å². The average Bonchev–Trinajstić information content (AvgIpc) is 3.16. The zero-order valence-corrected chi connectivity index (χ0v) is 13.1. The van der Waals surface area contributed by atoms with E-state index in [-0.39, 0.29) is 5.91 Å². The first-order valence-corrected chi connectivity index (χ1v) is 8.71. The Balaban J connectivity index is 1.44. The molecule has 2 saturated heterocycles. The van der Waals surface area contributed by atoms with Gasteiger partial charge in [0.15, 0.2) is 0 Å². The van der Waals surface area contributed by atoms with Gasteiger partial charge in [-0.1, -0.05) is 6.07 Å². The van der Waals surface area contributed by atoms with Crippen molar-refractivity contribution in [2.75, 3.05) is 19.6 Å². The van der Waals surface area contributed by atoms with E-state index in [1.54, 1.807) is 11.3 Å². The normalized spacial score (nSPS) is 20.3. The number of nitrogens with zero attached hydrogens (tertiary/aromatic N) is 2. The average molecular weight is 306 g/mol. The first kappa shape index (κ1) is 14.6. The van der Waals surface area contributed by atoms with Gasteiger partial charge in [-0.3, -0.25) is 9.59 Å². The summed E-state index contributed by atoms with van der Waals surface area (Å²) in [5.41, 5.74) is 0. The number of rotatable bonds is 4. The third-order valence-corrected chi connectivity index (χ3v) is 5.47. The number of carbonyl (C=O) groups excluding carboxylic acids is 2. The smallest absolute Gasteiger partial charge is 0.222 e. The van der Waals surface area contributed by atoms with Crippen molar-refractivity contribution < 1.29 is 9.59 Å². The number of aryl methyl sites for hydroxylation is 1. The molecular weight excluding hydrogens is 284 g/mol. The molecule has 0 atom stereocenters. The van der Waals surface area contributed by atoms with E-state index >= 15 is 0 Å². The second kappa shape index (κ2) is 6.60. The maximum Gasteiger partial charge on any atom is 0.222 e. The SMILES string of the molecule is O=C(CCc1cccs1)N1CCC(N2CCCC2=O)CC1. The fourth-order valence-electron chi connectivity index (χ4n) is 3.33. The van der Waals surface area contributed by atoms with Gasteiger partial charge < -0.3 is 9.80 Å². The minimum absolute atomic E-state index is 0.259. The summed E-state index contributed by atoms with van der Waals surface area (Å²) in [5.74, 6) is 0.562. The van der Waals surface area contributed by atoms with E-state index in [1.807, 2.05) is 15.9 Å². The van der Waals surface area contributed by atoms with E-state index in [9.17, 15) is 9.59 Å². The molecule has 0 bridgehead atoms. The van der Waals surface area contributed by atoms with E-state index in [0.29, 0.717) is 24.8 Å². The minimum Gasteiger partial charge on any atom is -0.343 e. The largest absolute Gasteiger partial charge is 0.343 e. The van der Waals surface area contributed by atoms with Gasteiger partial charge in [-0.15, -0.1) is 11.3 Å². The van der Waals surface area contributed by atoms with Crippen LogP contribution in [0.15, 0.2) is 17.5 Å². The fraction of sp³-hybridized carbons (Fsp3) is 0.625. The van der Waals surface area contributed by atoms with Crippen molar-refractivity contribution >= 4 is 23.2 Å². The van der Waals surface area contributed by atoms with Crippen molar-refractivity contribution in [3.05, 3.63) is 22.4 Å². The Bertz CT molecular complexity index is 492. The van der Waals surface area contributed by atoms with Crippen LogP contribution in [-0.2, 0) is 16.0 Å². The van der Waals surface area contributed by atoms with Crippen LogP contribution in [0.2, 0.25) is 0 Å². The lowest BCUT2D eigenvalue weighted by Gasteiger charge is -2.36. The molecule has 0 unspecified atom stereocenters. The highest BCUT2D eigenvalue weighted by Gasteiger charge is 2.31. The van der Waals surface area contributed by atoms with Gasteiger partial charge in [-0.05, 0) is 37.1 Å². The van der Waals surface area contributed by atoms with Crippen LogP contribution in [-0.4, -0.2) is 47.3 Å². The number of hydrogen-bond acceptors (Lipinski definition) is 3. The zero-order valence-electron chi connectivity index (χ0n) is 12.3. The third kappa shape index (κ3) is 3.46. The van der Waals surface area contributed by atoms with Crippen molar-refractivity contribution in [2.24, 2.45) is 0 Å². The Morgan fingerprint density at radius 1 is 1.29 bits per heavy atom. The maximum absolute atomic E-state index is 12.2. The molecule has 4 nitrogen and oxygen atoms in total. The van der Waals surface area contributed by atoms with Crippen molar-refractivity contribution in [1.29, 1.82) is 0 Å². The van der Waals surface area contributed by atoms with Gasteiger partial charge >= 0.3 is 0 Å². The summed E-state index contributed by atoms with van der Waals surface area (Å²) in [6.45, 7) is 2.52. The molecule has 0 spiro atoms. The standard InChI is InChI=1S/C16H22N2O2S/c19-15(6-5-14-3-2-12-21-14)17-10-7-13(8-11-17)18-9-1-4-16(18)20/h2-3,12-13H,1,4-11H2. The summed E-state index contributed by atoms with van der Waals surface area (Å²) in [7, 11) is 0. The van der Waals surface area contributed by atoms with Gasteiger partial charge in [0.05, 0.1) is 0 Å². The molecule has 5 heteroatoms. The highest BCUT2D eigenvalue weighted by atomic mass is 32.1. The molecule has 0 aliphatic carbocycles. The molecule has 0 N–H and O–H groups in total. The lowest BCUT2D eigenvalue weighted by Crippen LogP contribution is -2.47. The van der Waals surface area contributed by atoms with E-state index in [4.69, 9.17) is 0 Å². The van der Waals surface area contributed by atoms with Gasteiger partial charge in [0.25, 0.3) is 0 Å². The van der Waals surface area contributed by atoms with Crippen LogP contribution in [0.3, 0.4) is 0 Å². The Labute approximate surface area is 129 Å². The van der Waals surface area contributed by atoms with Gasteiger partial charge in [-0.25, -0.2) is 0 Å². The summed E-state index contributed by atoms with van der Waals surface area (Å²) >= 11 is 1.71. The molecule has 0 saturated carbocycles. The first-order valence-electron chi connectivity index (χ1n) is 7.83. The second-order valence-corrected chi connectivity index (χ2v) is 6.91. The van der Waals surface area contributed by atoms with Gasteiger partial charge in [-0.2, -0.15) is 0 Å². The van der Waals surface area contributed by atoms with Crippen LogP contribution in [0.4, 0.5) is 0 Å². The number of likely N-dealkylation sites (tertiary alicyclic amines) is 2. The first-order chi connectivity index (χ1) is 10.2. The molecule has 0 aromatic carbocycles. The highest BCUT2D eigenvalue weighted by molar-refractivity contribution is 7.09. The van der Waals surface area contributed by atoms with Crippen molar-refractivity contribution in [1.82, 2.24) is 9.80 Å². The van der Waals surface area contributed by atoms with Crippen LogP contribution in [0.5, 0.6) is 0 Å². The molecule has 3 heterocycles. The second-order valence-electron chi connectivity index (χ2n) is 5.88. The summed E-state index contributed by atoms with van der Waals surface area (Å²) < 4.78 is 0. The molecule has 1 aromatic rings. The van der Waals surface area contributed by atoms with Crippen LogP contribution in [0.25, 0.3) is 0 Å². The van der Waals surface area contributed by atoms with E-state index in [0.717, 1.165) is 45.3 Å². The maximum atomic E-state index is 12.2. The number of hydrogen-bond donors (Lipinski definition) is 0. The molecule has 21 heavy (non-hydrogen) atoms. The summed E-state index contributed by atoms with van der Waals surface area (Å²) in [6, 6.07) is 4.48. The minimum atomic E-state index is 0.259. The van der Waals surface area contributed by atoms with Crippen LogP contribution < -0.4 is 0 Å². The van der Waals surface area contributed by atoms with Crippen molar-refractivity contribution in [3.8, 4) is 0 Å². The van der Waals surface area contributed by atoms with E-state index in [2.05, 4.69) is 11.4 Å². The number of carbonyl (C=O) groups is 2. The Kier molecular flexibility index (Phi) is 4.58. The molecule has 2 amide bonds. The van der Waals surface area contributed by atoms with Gasteiger partial charge in [0.2, 0.25) is 11.8 Å². The van der Waals surface area contributed by atoms with Crippen LogP contribution >= 0.6 is 11.3 Å². The van der Waals surface area contributed by atoms with Crippen molar-refractivity contribution in [3.63, 3.8) is 0 Å². The van der Waals surface area contributed by atoms with Crippen LogP contribution in [0.1, 0.15) is 37.0 Å². The van der Waals surface area contributed by atoms with Gasteiger partial charge in [0, 0.05) is 43.4 Å². The Morgan fingerprint density at radius 3 is 2.71 bits per heavy atom. The number of piperidine rings is 1. The predicted octanol–water partition coefficient (Wildman–Crippen LogP) is 2.29. The monoisotopic (exact) mass is 306 g/mol. The molecule has 114 valence electrons. The topological polar surface area (TPSA) is 40.6 Å². The molecular formula is C16H22N2O2S. The molecule has 1 aromatic heterocycles. The van der Waals surface area contributed by atoms with E-state index < -0.39 is 0 Å². The predicted molar refractivity (Wildman–Crippen MR) is 83.2 cm³/mol. The summed E-state index contributed by atoms with van der Waals surface area (Å²) in [6.07, 6.45) is 5.04. The summed E-state index contributed by atoms with van der Waals surface area (Å²) in [5, 5.41) is 2.05. The van der Waals surface area contributed by atoms with Crippen molar-refractivity contribution in [2.45, 2.75) is 44.6 Å². The fourth-order valence-corrected chi connectivity index (χ4v) is 4.03. The Hall–Kier alpha value is -1.36. The molecule has 2 fully saturated rings. The Morgan fingerprint density at radius 2 is 2.10 bits per heavy atom. The summed E-state index contributed by atoms with van der Waals surface area (Å²) in [4.78, 5) is 29.3. The lowest BCUT2D eigenvalue weighted by molar-refractivity contribution is -0.134. The number of amides is 2.